The van der Waals surface area contributed by atoms with Crippen LogP contribution in [0.15, 0.2) is 179 Å². The Morgan fingerprint density at radius 1 is 0.568 bits per heavy atom. The molecular weight excluding hydrogens is 929 g/mol. The molecule has 392 valence electrons. The molecule has 2 aromatic heterocycles. The van der Waals surface area contributed by atoms with Crippen LogP contribution in [0.25, 0.3) is 0 Å². The third kappa shape index (κ3) is 17.1. The predicted molar refractivity (Wildman–Crippen MR) is 293 cm³/mol. The average molecular weight is 1010 g/mol. The summed E-state index contributed by atoms with van der Waals surface area (Å²) in [6.45, 7) is 26.9. The van der Waals surface area contributed by atoms with Gasteiger partial charge >= 0.3 is 11.9 Å². The van der Waals surface area contributed by atoms with E-state index in [1.165, 1.54) is 12.4 Å². The van der Waals surface area contributed by atoms with Crippen LogP contribution in [0.2, 0.25) is 0 Å². The minimum atomic E-state index is -0.961. The van der Waals surface area contributed by atoms with E-state index in [1.54, 1.807) is 50.5 Å². The fourth-order valence-electron chi connectivity index (χ4n) is 8.62. The van der Waals surface area contributed by atoms with Gasteiger partial charge in [0.2, 0.25) is 0 Å². The number of nitrogens with zero attached hydrogens (tertiary/aromatic N) is 2. The van der Waals surface area contributed by atoms with Gasteiger partial charge in [0.1, 0.15) is 12.1 Å². The van der Waals surface area contributed by atoms with Gasteiger partial charge in [-0.1, -0.05) is 163 Å². The number of hydrogen-bond donors (Lipinski definition) is 2. The van der Waals surface area contributed by atoms with Crippen LogP contribution in [-0.4, -0.2) is 69.6 Å². The maximum absolute atomic E-state index is 13.6. The van der Waals surface area contributed by atoms with Crippen molar-refractivity contribution < 1.29 is 38.2 Å². The number of hydrogen-bond acceptors (Lipinski definition) is 10. The van der Waals surface area contributed by atoms with Gasteiger partial charge < -0.3 is 20.1 Å². The Morgan fingerprint density at radius 2 is 0.905 bits per heavy atom. The summed E-state index contributed by atoms with van der Waals surface area (Å²) in [5, 5.41) is 5.50. The zero-order chi connectivity index (χ0) is 54.9. The number of allylic oxidation sites excluding steroid dienone is 20. The van der Waals surface area contributed by atoms with Gasteiger partial charge in [-0.3, -0.25) is 29.1 Å². The number of nitrogens with one attached hydrogen (secondary N) is 2. The quantitative estimate of drug-likeness (QED) is 0.0961. The van der Waals surface area contributed by atoms with Crippen molar-refractivity contribution in [3.05, 3.63) is 190 Å². The molecule has 2 aromatic rings. The Labute approximate surface area is 439 Å². The van der Waals surface area contributed by atoms with Crippen molar-refractivity contribution in [3.63, 3.8) is 0 Å². The van der Waals surface area contributed by atoms with E-state index < -0.39 is 58.9 Å². The van der Waals surface area contributed by atoms with E-state index in [-0.39, 0.29) is 23.4 Å². The van der Waals surface area contributed by atoms with Crippen molar-refractivity contribution in [1.29, 1.82) is 0 Å². The fourth-order valence-corrected chi connectivity index (χ4v) is 8.62. The number of ether oxygens (including phenoxy) is 2. The highest BCUT2D eigenvalue weighted by molar-refractivity contribution is 6.03. The molecule has 0 radical (unpaired) electrons. The molecule has 2 unspecified atom stereocenters. The van der Waals surface area contributed by atoms with E-state index in [2.05, 4.69) is 20.6 Å². The fraction of sp³-hybridized carbons (Fsp3) is 0.387. The standard InChI is InChI=1S/C62H76N4O8/c1-39(2)53(65-57(69)47-27-19-33-63-37-47)59(71)73-51-35-61(11,12)49(45(9)55(51)67)31-29-43(7)25-17-23-41(5)21-15-16-22-42(6)24-18-26-44(8)30-32-50-46(10)56(68)52(36-62(50,13)14)74-60(72)54(40(3)4)66-58(70)48-28-20-34-64-38-48/h15-34,37-40,51-54H,35-36H2,1-14H3,(H,65,69)(H,66,70)/b16-15+,23-17+,24-18+,31-29+,32-30+,41-21+,42-22+,43-25+,44-26+/t51-,52-,53?,54?/m0/s1. The van der Waals surface area contributed by atoms with E-state index >= 15 is 0 Å². The summed E-state index contributed by atoms with van der Waals surface area (Å²) in [5.41, 5.74) is 6.68. The van der Waals surface area contributed by atoms with Gasteiger partial charge in [0.05, 0.1) is 11.1 Å². The zero-order valence-electron chi connectivity index (χ0n) is 45.7. The Kier molecular flexibility index (Phi) is 21.7. The number of ketones is 2. The van der Waals surface area contributed by atoms with Crippen LogP contribution in [0.1, 0.15) is 130 Å². The van der Waals surface area contributed by atoms with Crippen LogP contribution in [0.4, 0.5) is 0 Å². The van der Waals surface area contributed by atoms with E-state index in [1.807, 2.05) is 168 Å². The molecule has 0 bridgehead atoms. The minimum Gasteiger partial charge on any atom is -0.452 e. The van der Waals surface area contributed by atoms with E-state index in [0.29, 0.717) is 35.1 Å². The molecule has 0 saturated heterocycles. The molecule has 0 saturated carbocycles. The molecular formula is C62H76N4O8. The molecule has 0 fully saturated rings. The SMILES string of the molecule is CC1=C(/C=C/C(C)=C/C=C/C(C)=C/C=C/C=C(C)/C=C/C=C(C)/C=C/C2=C(C)C(=O)[C@@H](OC(=O)C(NC(=O)c3cccnc3)C(C)C)CC2(C)C)C(C)(C)C[C@H](OC(=O)C(NC(=O)c2cccnc2)C(C)C)C1=O. The summed E-state index contributed by atoms with van der Waals surface area (Å²) in [4.78, 5) is 87.4. The highest BCUT2D eigenvalue weighted by atomic mass is 16.6. The largest absolute Gasteiger partial charge is 0.452 e. The lowest BCUT2D eigenvalue weighted by atomic mass is 9.71. The number of rotatable bonds is 20. The zero-order valence-corrected chi connectivity index (χ0v) is 45.7. The van der Waals surface area contributed by atoms with Crippen molar-refractivity contribution >= 4 is 35.3 Å². The van der Waals surface area contributed by atoms with Crippen molar-refractivity contribution in [3.8, 4) is 0 Å². The molecule has 12 heteroatoms. The van der Waals surface area contributed by atoms with Crippen molar-refractivity contribution in [2.45, 2.75) is 134 Å². The third-order valence-corrected chi connectivity index (χ3v) is 13.1. The molecule has 0 aliphatic heterocycles. The number of carbonyl (C=O) groups excluding carboxylic acids is 6. The first kappa shape index (κ1) is 59.2. The summed E-state index contributed by atoms with van der Waals surface area (Å²) in [6, 6.07) is 4.65. The maximum Gasteiger partial charge on any atom is 0.329 e. The second-order valence-corrected chi connectivity index (χ2v) is 21.1. The first-order valence-corrected chi connectivity index (χ1v) is 25.2. The summed E-state index contributed by atoms with van der Waals surface area (Å²) in [5.74, 6) is -3.20. The first-order chi connectivity index (χ1) is 34.8. The van der Waals surface area contributed by atoms with Gasteiger partial charge in [-0.2, -0.15) is 0 Å². The number of aromatic nitrogens is 2. The lowest BCUT2D eigenvalue weighted by molar-refractivity contribution is -0.159. The summed E-state index contributed by atoms with van der Waals surface area (Å²) >= 11 is 0. The van der Waals surface area contributed by atoms with Crippen molar-refractivity contribution in [1.82, 2.24) is 20.6 Å². The number of pyridine rings is 2. The van der Waals surface area contributed by atoms with Crippen molar-refractivity contribution in [2.24, 2.45) is 22.7 Å². The van der Waals surface area contributed by atoms with Crippen molar-refractivity contribution in [2.75, 3.05) is 0 Å². The summed E-state index contributed by atoms with van der Waals surface area (Å²) in [6.07, 6.45) is 32.6. The Bertz CT molecular complexity index is 2570. The Morgan fingerprint density at radius 3 is 1.23 bits per heavy atom. The van der Waals surface area contributed by atoms with Gasteiger partial charge in [-0.05, 0) is 111 Å². The van der Waals surface area contributed by atoms with Gasteiger partial charge in [-0.25, -0.2) is 9.59 Å². The van der Waals surface area contributed by atoms with Gasteiger partial charge in [0.15, 0.2) is 23.8 Å². The topological polar surface area (TPSA) is 171 Å². The predicted octanol–water partition coefficient (Wildman–Crippen LogP) is 11.7. The summed E-state index contributed by atoms with van der Waals surface area (Å²) < 4.78 is 11.6. The van der Waals surface area contributed by atoms with E-state index in [0.717, 1.165) is 33.4 Å². The Balaban J connectivity index is 1.29. The molecule has 2 aliphatic rings. The second-order valence-electron chi connectivity index (χ2n) is 21.1. The smallest absolute Gasteiger partial charge is 0.329 e. The number of Topliss-reactive ketones (excluding diaryl/α,β-unsaturated/α-hetero) is 2. The number of amides is 2. The van der Waals surface area contributed by atoms with Gasteiger partial charge in [0, 0.05) is 37.6 Å². The maximum atomic E-state index is 13.6. The van der Waals surface area contributed by atoms with Crippen LogP contribution in [0.3, 0.4) is 0 Å². The number of esters is 2. The van der Waals surface area contributed by atoms with Crippen LogP contribution in [-0.2, 0) is 28.7 Å². The monoisotopic (exact) mass is 1000 g/mol. The summed E-state index contributed by atoms with van der Waals surface area (Å²) in [7, 11) is 0. The van der Waals surface area contributed by atoms with Crippen LogP contribution < -0.4 is 10.6 Å². The van der Waals surface area contributed by atoms with Gasteiger partial charge in [-0.15, -0.1) is 0 Å². The number of carbonyl (C=O) groups is 6. The molecule has 4 atom stereocenters. The molecule has 12 nitrogen and oxygen atoms in total. The van der Waals surface area contributed by atoms with E-state index in [4.69, 9.17) is 9.47 Å². The normalized spacial score (nSPS) is 19.9. The molecule has 2 aliphatic carbocycles. The van der Waals surface area contributed by atoms with E-state index in [9.17, 15) is 28.8 Å². The van der Waals surface area contributed by atoms with Crippen LogP contribution in [0.5, 0.6) is 0 Å². The lowest BCUT2D eigenvalue weighted by Gasteiger charge is -2.37. The molecule has 0 spiro atoms. The molecule has 2 heterocycles. The lowest BCUT2D eigenvalue weighted by Crippen LogP contribution is -2.48. The molecule has 0 aromatic carbocycles. The first-order valence-electron chi connectivity index (χ1n) is 25.2. The molecule has 4 rings (SSSR count). The Hall–Kier alpha value is -7.34. The second kappa shape index (κ2) is 27.1. The highest BCUT2D eigenvalue weighted by Crippen LogP contribution is 2.42. The molecule has 2 N–H and O–H groups in total. The molecule has 74 heavy (non-hydrogen) atoms. The van der Waals surface area contributed by atoms with Gasteiger partial charge in [0.25, 0.3) is 11.8 Å². The van der Waals surface area contributed by atoms with Crippen LogP contribution >= 0.6 is 0 Å². The average Bonchev–Trinajstić information content (AvgIpc) is 3.34. The minimum absolute atomic E-state index is 0.248. The molecule has 2 amide bonds. The third-order valence-electron chi connectivity index (χ3n) is 13.1. The highest BCUT2D eigenvalue weighted by Gasteiger charge is 2.43. The van der Waals surface area contributed by atoms with Crippen LogP contribution in [0, 0.1) is 22.7 Å².